The van der Waals surface area contributed by atoms with E-state index in [-0.39, 0.29) is 5.56 Å². The summed E-state index contributed by atoms with van der Waals surface area (Å²) in [6, 6.07) is 6.08. The van der Waals surface area contributed by atoms with Gasteiger partial charge in [0.1, 0.15) is 5.65 Å². The molecule has 0 aliphatic carbocycles. The van der Waals surface area contributed by atoms with Crippen LogP contribution in [0.2, 0.25) is 0 Å². The molecule has 0 spiro atoms. The number of rotatable bonds is 4. The summed E-state index contributed by atoms with van der Waals surface area (Å²) in [4.78, 5) is 22.2. The monoisotopic (exact) mass is 431 g/mol. The van der Waals surface area contributed by atoms with Crippen LogP contribution in [0.3, 0.4) is 0 Å². The first-order valence-electron chi connectivity index (χ1n) is 11.4. The molecular weight excluding hydrogens is 398 g/mol. The van der Waals surface area contributed by atoms with Crippen molar-refractivity contribution < 1.29 is 0 Å². The number of likely N-dealkylation sites (N-methyl/N-ethyl adjacent to an activating group) is 1. The molecule has 6 nitrogen and oxygen atoms in total. The third-order valence-corrected chi connectivity index (χ3v) is 6.43. The van der Waals surface area contributed by atoms with Crippen molar-refractivity contribution in [2.24, 2.45) is 0 Å². The van der Waals surface area contributed by atoms with Gasteiger partial charge in [0.05, 0.1) is 11.4 Å². The van der Waals surface area contributed by atoms with E-state index in [1.807, 2.05) is 31.6 Å². The topological polar surface area (TPSA) is 52.9 Å². The molecule has 6 heteroatoms. The van der Waals surface area contributed by atoms with E-state index in [0.717, 1.165) is 43.0 Å². The fraction of sp³-hybridized carbons (Fsp3) is 0.385. The number of nitrogens with one attached hydrogen (secondary N) is 1. The summed E-state index contributed by atoms with van der Waals surface area (Å²) in [5, 5.41) is 3.46. The molecule has 4 rings (SSSR count). The van der Waals surface area contributed by atoms with Crippen LogP contribution in [0.1, 0.15) is 39.8 Å². The van der Waals surface area contributed by atoms with Gasteiger partial charge in [-0.15, -0.1) is 0 Å². The SMILES string of the molecule is CC/C(C)=C(C)/C=C1/C=C(c2cc(=O)n3cc(N4CCN[C@H](C)C4)ccc3n2)C=CN1C. The largest absolute Gasteiger partial charge is 0.368 e. The molecule has 0 saturated carbocycles. The van der Waals surface area contributed by atoms with E-state index in [4.69, 9.17) is 4.98 Å². The predicted octanol–water partition coefficient (Wildman–Crippen LogP) is 3.97. The molecule has 2 aromatic heterocycles. The quantitative estimate of drug-likeness (QED) is 0.794. The number of allylic oxidation sites excluding steroid dienone is 6. The predicted molar refractivity (Wildman–Crippen MR) is 133 cm³/mol. The highest BCUT2D eigenvalue weighted by atomic mass is 16.1. The van der Waals surface area contributed by atoms with Gasteiger partial charge in [-0.3, -0.25) is 9.20 Å². The van der Waals surface area contributed by atoms with E-state index < -0.39 is 0 Å². The summed E-state index contributed by atoms with van der Waals surface area (Å²) >= 11 is 0. The Morgan fingerprint density at radius 3 is 2.88 bits per heavy atom. The Labute approximate surface area is 190 Å². The summed E-state index contributed by atoms with van der Waals surface area (Å²) < 4.78 is 1.65. The average molecular weight is 432 g/mol. The Balaban J connectivity index is 1.70. The smallest absolute Gasteiger partial charge is 0.258 e. The van der Waals surface area contributed by atoms with Gasteiger partial charge in [0.15, 0.2) is 0 Å². The second kappa shape index (κ2) is 9.17. The molecule has 168 valence electrons. The van der Waals surface area contributed by atoms with Crippen LogP contribution in [0.15, 0.2) is 70.5 Å². The number of pyridine rings is 1. The first-order valence-corrected chi connectivity index (χ1v) is 11.4. The molecule has 1 atom stereocenters. The summed E-state index contributed by atoms with van der Waals surface area (Å²) in [5.41, 5.74) is 7.01. The summed E-state index contributed by atoms with van der Waals surface area (Å²) in [5.74, 6) is 0. The van der Waals surface area contributed by atoms with Crippen molar-refractivity contribution in [2.45, 2.75) is 40.2 Å². The first-order chi connectivity index (χ1) is 15.4. The molecule has 0 amide bonds. The Bertz CT molecular complexity index is 1200. The van der Waals surface area contributed by atoms with Crippen LogP contribution < -0.4 is 15.8 Å². The second-order valence-electron chi connectivity index (χ2n) is 8.81. The van der Waals surface area contributed by atoms with Crippen LogP contribution in [0.4, 0.5) is 5.69 Å². The zero-order valence-corrected chi connectivity index (χ0v) is 19.7. The standard InChI is InChI=1S/C26H33N5O/c1-6-18(2)19(3)13-23-14-21(9-11-29(23)5)24-15-26(32)31-17-22(7-8-25(31)28-24)30-12-10-27-20(4)16-30/h7-9,11,13-15,17,20,27H,6,10,12,16H2,1-5H3/b19-18+,23-13-/t20-/m1/s1. The van der Waals surface area contributed by atoms with Gasteiger partial charge in [-0.05, 0) is 57.6 Å². The lowest BCUT2D eigenvalue weighted by atomic mass is 10.0. The summed E-state index contributed by atoms with van der Waals surface area (Å²) in [6.45, 7) is 11.5. The van der Waals surface area contributed by atoms with Crippen LogP contribution in [-0.4, -0.2) is 47.0 Å². The van der Waals surface area contributed by atoms with Crippen LogP contribution in [0.5, 0.6) is 0 Å². The molecule has 0 aromatic carbocycles. The Morgan fingerprint density at radius 2 is 2.12 bits per heavy atom. The van der Waals surface area contributed by atoms with Crippen molar-refractivity contribution >= 4 is 16.9 Å². The van der Waals surface area contributed by atoms with Gasteiger partial charge in [-0.1, -0.05) is 18.1 Å². The number of hydrogen-bond donors (Lipinski definition) is 1. The van der Waals surface area contributed by atoms with Gasteiger partial charge in [0.25, 0.3) is 5.56 Å². The first kappa shape index (κ1) is 22.1. The van der Waals surface area contributed by atoms with Gasteiger partial charge < -0.3 is 15.1 Å². The van der Waals surface area contributed by atoms with Crippen molar-refractivity contribution in [1.82, 2.24) is 19.6 Å². The molecule has 1 saturated heterocycles. The maximum absolute atomic E-state index is 13.0. The molecule has 2 aromatic rings. The maximum atomic E-state index is 13.0. The molecule has 0 radical (unpaired) electrons. The zero-order valence-electron chi connectivity index (χ0n) is 19.7. The zero-order chi connectivity index (χ0) is 22.8. The van der Waals surface area contributed by atoms with E-state index in [9.17, 15) is 4.79 Å². The summed E-state index contributed by atoms with van der Waals surface area (Å²) in [6.07, 6.45) is 11.3. The third kappa shape index (κ3) is 4.55. The third-order valence-electron chi connectivity index (χ3n) is 6.43. The highest BCUT2D eigenvalue weighted by Crippen LogP contribution is 2.25. The molecule has 0 bridgehead atoms. The molecule has 32 heavy (non-hydrogen) atoms. The van der Waals surface area contributed by atoms with Crippen molar-refractivity contribution in [3.8, 4) is 0 Å². The van der Waals surface area contributed by atoms with Gasteiger partial charge in [-0.25, -0.2) is 4.98 Å². The minimum atomic E-state index is -0.0632. The molecule has 0 unspecified atom stereocenters. The van der Waals surface area contributed by atoms with Crippen LogP contribution >= 0.6 is 0 Å². The minimum absolute atomic E-state index is 0.0632. The van der Waals surface area contributed by atoms with E-state index in [0.29, 0.717) is 17.4 Å². The number of hydrogen-bond acceptors (Lipinski definition) is 5. The van der Waals surface area contributed by atoms with Crippen molar-refractivity contribution in [1.29, 1.82) is 0 Å². The molecule has 1 N–H and O–H groups in total. The Kier molecular flexibility index (Phi) is 6.33. The van der Waals surface area contributed by atoms with Gasteiger partial charge in [0, 0.05) is 62.5 Å². The van der Waals surface area contributed by atoms with Crippen molar-refractivity contribution in [2.75, 3.05) is 31.6 Å². The highest BCUT2D eigenvalue weighted by molar-refractivity contribution is 5.76. The van der Waals surface area contributed by atoms with E-state index in [1.165, 1.54) is 11.1 Å². The molecule has 2 aliphatic heterocycles. The van der Waals surface area contributed by atoms with E-state index >= 15 is 0 Å². The van der Waals surface area contributed by atoms with Crippen molar-refractivity contribution in [3.63, 3.8) is 0 Å². The molecular formula is C26H33N5O. The Hall–Kier alpha value is -3.12. The van der Waals surface area contributed by atoms with Crippen LogP contribution in [-0.2, 0) is 0 Å². The number of nitrogens with zero attached hydrogens (tertiary/aromatic N) is 4. The lowest BCUT2D eigenvalue weighted by Gasteiger charge is -2.33. The fourth-order valence-corrected chi connectivity index (χ4v) is 4.11. The molecule has 2 aliphatic rings. The molecule has 4 heterocycles. The lowest BCUT2D eigenvalue weighted by molar-refractivity contribution is 0.484. The van der Waals surface area contributed by atoms with E-state index in [2.05, 4.69) is 61.0 Å². The lowest BCUT2D eigenvalue weighted by Crippen LogP contribution is -2.49. The average Bonchev–Trinajstić information content (AvgIpc) is 2.79. The Morgan fingerprint density at radius 1 is 1.31 bits per heavy atom. The summed E-state index contributed by atoms with van der Waals surface area (Å²) in [7, 11) is 2.03. The van der Waals surface area contributed by atoms with Crippen LogP contribution in [0.25, 0.3) is 11.2 Å². The van der Waals surface area contributed by atoms with Gasteiger partial charge in [-0.2, -0.15) is 0 Å². The molecule has 1 fully saturated rings. The maximum Gasteiger partial charge on any atom is 0.258 e. The minimum Gasteiger partial charge on any atom is -0.368 e. The van der Waals surface area contributed by atoms with Crippen molar-refractivity contribution in [3.05, 3.63) is 81.7 Å². The number of aromatic nitrogens is 2. The van der Waals surface area contributed by atoms with E-state index in [1.54, 1.807) is 10.5 Å². The van der Waals surface area contributed by atoms with Gasteiger partial charge >= 0.3 is 0 Å². The highest BCUT2D eigenvalue weighted by Gasteiger charge is 2.17. The number of anilines is 1. The second-order valence-corrected chi connectivity index (χ2v) is 8.81. The normalized spacial score (nSPS) is 21.2. The number of fused-ring (bicyclic) bond motifs is 1. The fourth-order valence-electron chi connectivity index (χ4n) is 4.11. The number of piperazine rings is 1. The van der Waals surface area contributed by atoms with Gasteiger partial charge in [0.2, 0.25) is 0 Å². The van der Waals surface area contributed by atoms with Crippen LogP contribution in [0, 0.1) is 0 Å².